The number of amides is 1. The second-order valence-electron chi connectivity index (χ2n) is 11.1. The molecule has 0 radical (unpaired) electrons. The number of carboxylic acids is 1. The Bertz CT molecular complexity index is 1460. The van der Waals surface area contributed by atoms with E-state index in [0.29, 0.717) is 16.5 Å². The quantitative estimate of drug-likeness (QED) is 0.386. The molecule has 4 atom stereocenters. The molecule has 2 heterocycles. The van der Waals surface area contributed by atoms with Crippen molar-refractivity contribution in [1.82, 2.24) is 14.0 Å². The number of piperidine rings is 1. The van der Waals surface area contributed by atoms with Gasteiger partial charge in [-0.25, -0.2) is 4.79 Å². The van der Waals surface area contributed by atoms with Crippen LogP contribution in [0.2, 0.25) is 10.0 Å². The second-order valence-corrected chi connectivity index (χ2v) is 12.0. The highest BCUT2D eigenvalue weighted by Crippen LogP contribution is 2.54. The first-order valence-corrected chi connectivity index (χ1v) is 13.7. The van der Waals surface area contributed by atoms with Crippen LogP contribution in [0.1, 0.15) is 55.7 Å². The van der Waals surface area contributed by atoms with Crippen molar-refractivity contribution in [3.05, 3.63) is 86.4 Å². The van der Waals surface area contributed by atoms with Gasteiger partial charge in [0.25, 0.3) is 0 Å². The molecular formula is C29H31Cl2N3O5. The number of rotatable bonds is 8. The molecule has 39 heavy (non-hydrogen) atoms. The molecule has 4 unspecified atom stereocenters. The summed E-state index contributed by atoms with van der Waals surface area (Å²) in [5, 5.41) is 21.5. The zero-order valence-corrected chi connectivity index (χ0v) is 23.3. The van der Waals surface area contributed by atoms with Crippen LogP contribution < -0.4 is 5.69 Å². The molecule has 2 aromatic carbocycles. The Labute approximate surface area is 236 Å². The zero-order chi connectivity index (χ0) is 28.1. The minimum atomic E-state index is -1.20. The molecule has 3 aromatic rings. The summed E-state index contributed by atoms with van der Waals surface area (Å²) in [6, 6.07) is 13.9. The van der Waals surface area contributed by atoms with Crippen LogP contribution in [0.4, 0.5) is 0 Å². The minimum absolute atomic E-state index is 0.0947. The summed E-state index contributed by atoms with van der Waals surface area (Å²) >= 11 is 12.6. The van der Waals surface area contributed by atoms with Gasteiger partial charge in [-0.1, -0.05) is 54.4 Å². The fraction of sp³-hybridized carbons (Fsp3) is 0.414. The number of halogens is 2. The number of carbonyl (C=O) groups excluding carboxylic acids is 1. The Morgan fingerprint density at radius 2 is 1.77 bits per heavy atom. The highest BCUT2D eigenvalue weighted by atomic mass is 35.5. The topological polar surface area (TPSA) is 105 Å². The molecule has 2 aliphatic rings. The number of hydrogen-bond donors (Lipinski definition) is 2. The number of carboxylic acid groups (broad SMARTS) is 1. The van der Waals surface area contributed by atoms with Gasteiger partial charge < -0.3 is 15.1 Å². The fourth-order valence-corrected chi connectivity index (χ4v) is 6.46. The Morgan fingerprint density at radius 3 is 2.33 bits per heavy atom. The lowest BCUT2D eigenvalue weighted by atomic mass is 9.67. The van der Waals surface area contributed by atoms with Crippen LogP contribution in [-0.2, 0) is 23.2 Å². The molecule has 1 aromatic heterocycles. The predicted molar refractivity (Wildman–Crippen MR) is 148 cm³/mol. The third kappa shape index (κ3) is 5.32. The zero-order valence-electron chi connectivity index (χ0n) is 21.8. The molecule has 1 aliphatic carbocycles. The number of aromatic hydroxyl groups is 1. The third-order valence-electron chi connectivity index (χ3n) is 8.14. The number of nitrogens with zero attached hydrogens (tertiary/aromatic N) is 3. The fourth-order valence-electron chi connectivity index (χ4n) is 6.14. The van der Waals surface area contributed by atoms with Gasteiger partial charge in [-0.3, -0.25) is 18.7 Å². The molecule has 2 N–H and O–H groups in total. The van der Waals surface area contributed by atoms with E-state index in [2.05, 4.69) is 0 Å². The molecule has 10 heteroatoms. The summed E-state index contributed by atoms with van der Waals surface area (Å²) in [5.41, 5.74) is 0.167. The number of carbonyl (C=O) groups is 2. The normalized spacial score (nSPS) is 24.1. The van der Waals surface area contributed by atoms with E-state index in [0.717, 1.165) is 24.0 Å². The summed E-state index contributed by atoms with van der Waals surface area (Å²) in [6.07, 6.45) is 3.05. The second kappa shape index (κ2) is 10.4. The highest BCUT2D eigenvalue weighted by molar-refractivity contribution is 6.30. The van der Waals surface area contributed by atoms with Crippen LogP contribution in [0.3, 0.4) is 0 Å². The maximum absolute atomic E-state index is 14.5. The standard InChI is InChI=1S/C29H31Cl2N3O5/c1-29(14-25(36)37)13-22(19-4-3-5-21(31)12-19)26(18-8-10-20(30)11-9-18)34(27(29)38)23(17-6-7-17)15-33-24(35)16-32(2)28(33)39/h3-5,8-12,16-17,22-23,26,35H,6-7,13-15H2,1-2H3,(H,36,37). The average molecular weight is 572 g/mol. The van der Waals surface area contributed by atoms with Crippen molar-refractivity contribution in [2.45, 2.75) is 57.2 Å². The lowest BCUT2D eigenvalue weighted by Crippen LogP contribution is -2.58. The summed E-state index contributed by atoms with van der Waals surface area (Å²) in [7, 11) is 1.56. The van der Waals surface area contributed by atoms with Crippen molar-refractivity contribution in [2.75, 3.05) is 0 Å². The lowest BCUT2D eigenvalue weighted by Gasteiger charge is -2.52. The highest BCUT2D eigenvalue weighted by Gasteiger charge is 2.54. The number of hydrogen-bond acceptors (Lipinski definition) is 4. The number of aryl methyl sites for hydroxylation is 1. The van der Waals surface area contributed by atoms with Crippen LogP contribution in [0, 0.1) is 11.3 Å². The lowest BCUT2D eigenvalue weighted by molar-refractivity contribution is -0.161. The molecule has 1 amide bonds. The van der Waals surface area contributed by atoms with Gasteiger partial charge in [-0.05, 0) is 60.6 Å². The Morgan fingerprint density at radius 1 is 1.08 bits per heavy atom. The van der Waals surface area contributed by atoms with Crippen LogP contribution in [-0.4, -0.2) is 42.2 Å². The van der Waals surface area contributed by atoms with Crippen LogP contribution in [0.5, 0.6) is 5.88 Å². The number of imidazole rings is 1. The third-order valence-corrected chi connectivity index (χ3v) is 8.63. The SMILES string of the molecule is Cn1cc(O)n(CC(C2CC2)N2C(=O)C(C)(CC(=O)O)CC(c3cccc(Cl)c3)C2c2ccc(Cl)cc2)c1=O. The number of likely N-dealkylation sites (tertiary alicyclic amines) is 1. The van der Waals surface area contributed by atoms with Gasteiger partial charge in [0, 0.05) is 23.0 Å². The predicted octanol–water partition coefficient (Wildman–Crippen LogP) is 5.22. The number of aliphatic carboxylic acids is 1. The molecule has 0 bridgehead atoms. The van der Waals surface area contributed by atoms with Gasteiger partial charge >= 0.3 is 11.7 Å². The van der Waals surface area contributed by atoms with Crippen LogP contribution in [0.15, 0.2) is 59.5 Å². The Hall–Kier alpha value is -3.23. The molecule has 1 saturated heterocycles. The summed E-state index contributed by atoms with van der Waals surface area (Å²) < 4.78 is 2.59. The van der Waals surface area contributed by atoms with Gasteiger partial charge in [0.1, 0.15) is 0 Å². The van der Waals surface area contributed by atoms with Crippen molar-refractivity contribution >= 4 is 35.1 Å². The maximum atomic E-state index is 14.5. The summed E-state index contributed by atoms with van der Waals surface area (Å²) in [4.78, 5) is 41.2. The molecule has 206 valence electrons. The summed E-state index contributed by atoms with van der Waals surface area (Å²) in [5.74, 6) is -1.69. The Kier molecular flexibility index (Phi) is 7.29. The largest absolute Gasteiger partial charge is 0.493 e. The molecule has 5 rings (SSSR count). The average Bonchev–Trinajstić information content (AvgIpc) is 3.68. The molecule has 8 nitrogen and oxygen atoms in total. The first-order chi connectivity index (χ1) is 18.5. The molecule has 0 spiro atoms. The van der Waals surface area contributed by atoms with Crippen molar-refractivity contribution in [3.8, 4) is 5.88 Å². The van der Waals surface area contributed by atoms with Crippen molar-refractivity contribution in [1.29, 1.82) is 0 Å². The van der Waals surface area contributed by atoms with Gasteiger partial charge in [-0.15, -0.1) is 0 Å². The number of aromatic nitrogens is 2. The first kappa shape index (κ1) is 27.3. The van der Waals surface area contributed by atoms with E-state index in [1.807, 2.05) is 30.3 Å². The van der Waals surface area contributed by atoms with Gasteiger partial charge in [0.15, 0.2) is 0 Å². The van der Waals surface area contributed by atoms with E-state index < -0.39 is 23.5 Å². The monoisotopic (exact) mass is 571 g/mol. The molecule has 2 fully saturated rings. The molecule has 1 aliphatic heterocycles. The van der Waals surface area contributed by atoms with Crippen molar-refractivity contribution < 1.29 is 19.8 Å². The van der Waals surface area contributed by atoms with Gasteiger partial charge in [-0.2, -0.15) is 0 Å². The smallest absolute Gasteiger partial charge is 0.330 e. The van der Waals surface area contributed by atoms with E-state index in [1.165, 1.54) is 15.3 Å². The molecule has 1 saturated carbocycles. The minimum Gasteiger partial charge on any atom is -0.493 e. The first-order valence-electron chi connectivity index (χ1n) is 13.0. The van der Waals surface area contributed by atoms with Gasteiger partial charge in [0.2, 0.25) is 11.8 Å². The molecular weight excluding hydrogens is 541 g/mol. The van der Waals surface area contributed by atoms with E-state index in [1.54, 1.807) is 37.1 Å². The van der Waals surface area contributed by atoms with Crippen molar-refractivity contribution in [3.63, 3.8) is 0 Å². The summed E-state index contributed by atoms with van der Waals surface area (Å²) in [6.45, 7) is 1.81. The maximum Gasteiger partial charge on any atom is 0.330 e. The van der Waals surface area contributed by atoms with Crippen LogP contribution in [0.25, 0.3) is 0 Å². The number of benzene rings is 2. The van der Waals surface area contributed by atoms with Crippen LogP contribution >= 0.6 is 23.2 Å². The van der Waals surface area contributed by atoms with E-state index in [-0.39, 0.29) is 42.3 Å². The Balaban J connectivity index is 1.71. The van der Waals surface area contributed by atoms with E-state index >= 15 is 0 Å². The van der Waals surface area contributed by atoms with E-state index in [9.17, 15) is 24.6 Å². The van der Waals surface area contributed by atoms with Crippen molar-refractivity contribution in [2.24, 2.45) is 18.4 Å². The van der Waals surface area contributed by atoms with Gasteiger partial charge in [0.05, 0.1) is 36.7 Å². The van der Waals surface area contributed by atoms with E-state index in [4.69, 9.17) is 23.2 Å².